The van der Waals surface area contributed by atoms with Crippen molar-refractivity contribution in [2.24, 2.45) is 11.3 Å². The second-order valence-electron chi connectivity index (χ2n) is 5.51. The molecule has 1 fully saturated rings. The van der Waals surface area contributed by atoms with Gasteiger partial charge in [-0.3, -0.25) is 0 Å². The molecule has 20 heavy (non-hydrogen) atoms. The number of methoxy groups -OCH3 is 2. The molecule has 0 radical (unpaired) electrons. The Labute approximate surface area is 123 Å². The van der Waals surface area contributed by atoms with Crippen LogP contribution >= 0.6 is 11.8 Å². The zero-order valence-electron chi connectivity index (χ0n) is 12.3. The molecule has 0 bridgehead atoms. The standard InChI is InChI=1S/C14H20N2O3S/c1-14(2,9-5-6-9)10(8-17)20-13-15-11(18-3)7-12(16-13)19-4/h7-10H,5-6H2,1-4H3. The third-order valence-corrected chi connectivity index (χ3v) is 5.16. The summed E-state index contributed by atoms with van der Waals surface area (Å²) in [5.74, 6) is 1.49. The van der Waals surface area contributed by atoms with E-state index >= 15 is 0 Å². The van der Waals surface area contributed by atoms with E-state index in [1.165, 1.54) is 24.6 Å². The number of nitrogens with zero attached hydrogens (tertiary/aromatic N) is 2. The van der Waals surface area contributed by atoms with Crippen molar-refractivity contribution in [3.8, 4) is 11.8 Å². The highest BCUT2D eigenvalue weighted by Crippen LogP contribution is 2.50. The Morgan fingerprint density at radius 1 is 1.30 bits per heavy atom. The summed E-state index contributed by atoms with van der Waals surface area (Å²) in [7, 11) is 3.09. The van der Waals surface area contributed by atoms with Gasteiger partial charge in [-0.15, -0.1) is 0 Å². The molecule has 2 rings (SSSR count). The van der Waals surface area contributed by atoms with E-state index < -0.39 is 0 Å². The molecule has 1 saturated carbocycles. The van der Waals surface area contributed by atoms with E-state index in [0.717, 1.165) is 6.29 Å². The van der Waals surface area contributed by atoms with Gasteiger partial charge in [0.05, 0.1) is 25.5 Å². The van der Waals surface area contributed by atoms with Crippen LogP contribution in [0.25, 0.3) is 0 Å². The van der Waals surface area contributed by atoms with Crippen LogP contribution in [-0.4, -0.2) is 35.7 Å². The van der Waals surface area contributed by atoms with E-state index in [9.17, 15) is 4.79 Å². The SMILES string of the molecule is COc1cc(OC)nc(SC(C=O)C(C)(C)C2CC2)n1. The molecule has 1 aliphatic carbocycles. The van der Waals surface area contributed by atoms with Crippen molar-refractivity contribution >= 4 is 18.0 Å². The maximum atomic E-state index is 11.5. The fraction of sp³-hybridized carbons (Fsp3) is 0.643. The van der Waals surface area contributed by atoms with E-state index in [1.807, 2.05) is 0 Å². The first-order chi connectivity index (χ1) is 9.51. The number of carbonyl (C=O) groups excluding carboxylic acids is 1. The Morgan fingerprint density at radius 3 is 2.25 bits per heavy atom. The van der Waals surface area contributed by atoms with Gasteiger partial charge < -0.3 is 14.3 Å². The molecule has 0 aromatic carbocycles. The van der Waals surface area contributed by atoms with Crippen molar-refractivity contribution in [2.45, 2.75) is 37.1 Å². The lowest BCUT2D eigenvalue weighted by Gasteiger charge is -2.29. The topological polar surface area (TPSA) is 61.3 Å². The van der Waals surface area contributed by atoms with Crippen molar-refractivity contribution < 1.29 is 14.3 Å². The van der Waals surface area contributed by atoms with Crippen LogP contribution < -0.4 is 9.47 Å². The van der Waals surface area contributed by atoms with Crippen LogP contribution in [0.1, 0.15) is 26.7 Å². The predicted octanol–water partition coefficient (Wildman–Crippen LogP) is 2.59. The predicted molar refractivity (Wildman–Crippen MR) is 77.4 cm³/mol. The van der Waals surface area contributed by atoms with Gasteiger partial charge in [0.15, 0.2) is 5.16 Å². The minimum absolute atomic E-state index is 0.0495. The van der Waals surface area contributed by atoms with Gasteiger partial charge in [0.25, 0.3) is 0 Å². The molecule has 0 spiro atoms. The molecular weight excluding hydrogens is 276 g/mol. The fourth-order valence-electron chi connectivity index (χ4n) is 2.17. The van der Waals surface area contributed by atoms with Crippen LogP contribution in [0.4, 0.5) is 0 Å². The maximum absolute atomic E-state index is 11.5. The second-order valence-corrected chi connectivity index (χ2v) is 6.61. The number of ether oxygens (including phenoxy) is 2. The summed E-state index contributed by atoms with van der Waals surface area (Å²) in [5, 5.41) is 0.332. The third-order valence-electron chi connectivity index (χ3n) is 3.80. The highest BCUT2D eigenvalue weighted by molar-refractivity contribution is 8.00. The van der Waals surface area contributed by atoms with E-state index in [0.29, 0.717) is 22.8 Å². The molecule has 110 valence electrons. The fourth-order valence-corrected chi connectivity index (χ4v) is 3.24. The number of aldehydes is 1. The van der Waals surface area contributed by atoms with Gasteiger partial charge in [0.2, 0.25) is 11.8 Å². The molecule has 0 aliphatic heterocycles. The van der Waals surface area contributed by atoms with Gasteiger partial charge in [0, 0.05) is 0 Å². The van der Waals surface area contributed by atoms with Crippen molar-refractivity contribution in [1.29, 1.82) is 0 Å². The monoisotopic (exact) mass is 296 g/mol. The third kappa shape index (κ3) is 3.23. The molecule has 0 N–H and O–H groups in total. The molecule has 1 aromatic heterocycles. The van der Waals surface area contributed by atoms with Crippen LogP contribution in [-0.2, 0) is 4.79 Å². The van der Waals surface area contributed by atoms with Gasteiger partial charge in [-0.05, 0) is 24.2 Å². The Hall–Kier alpha value is -1.30. The highest BCUT2D eigenvalue weighted by atomic mass is 32.2. The summed E-state index contributed by atoms with van der Waals surface area (Å²) in [4.78, 5) is 20.0. The summed E-state index contributed by atoms with van der Waals surface area (Å²) in [6.07, 6.45) is 3.39. The van der Waals surface area contributed by atoms with Gasteiger partial charge in [0.1, 0.15) is 6.29 Å². The Kier molecular flexibility index (Phi) is 4.52. The number of hydrogen-bond donors (Lipinski definition) is 0. The first kappa shape index (κ1) is 15.1. The average Bonchev–Trinajstić information content (AvgIpc) is 3.28. The van der Waals surface area contributed by atoms with E-state index in [4.69, 9.17) is 9.47 Å². The van der Waals surface area contributed by atoms with Gasteiger partial charge in [-0.2, -0.15) is 9.97 Å². The van der Waals surface area contributed by atoms with E-state index in [1.54, 1.807) is 20.3 Å². The first-order valence-electron chi connectivity index (χ1n) is 6.60. The molecule has 5 nitrogen and oxygen atoms in total. The van der Waals surface area contributed by atoms with Crippen molar-refractivity contribution in [1.82, 2.24) is 9.97 Å². The minimum Gasteiger partial charge on any atom is -0.481 e. The van der Waals surface area contributed by atoms with Gasteiger partial charge >= 0.3 is 0 Å². The van der Waals surface area contributed by atoms with Crippen LogP contribution in [0.15, 0.2) is 11.2 Å². The van der Waals surface area contributed by atoms with Crippen molar-refractivity contribution in [3.05, 3.63) is 6.07 Å². The molecule has 1 aromatic rings. The average molecular weight is 296 g/mol. The van der Waals surface area contributed by atoms with Crippen LogP contribution in [0.2, 0.25) is 0 Å². The number of rotatable bonds is 7. The number of aromatic nitrogens is 2. The van der Waals surface area contributed by atoms with E-state index in [-0.39, 0.29) is 10.7 Å². The summed E-state index contributed by atoms with van der Waals surface area (Å²) >= 11 is 1.37. The molecule has 1 atom stereocenters. The Bertz CT molecular complexity index is 467. The van der Waals surface area contributed by atoms with E-state index in [2.05, 4.69) is 23.8 Å². The summed E-state index contributed by atoms with van der Waals surface area (Å²) in [6, 6.07) is 1.62. The zero-order chi connectivity index (χ0) is 14.8. The normalized spacial score (nSPS) is 16.6. The lowest BCUT2D eigenvalue weighted by atomic mass is 9.84. The summed E-state index contributed by atoms with van der Waals surface area (Å²) in [5.41, 5.74) is -0.0495. The second kappa shape index (κ2) is 5.99. The molecule has 1 unspecified atom stereocenters. The largest absolute Gasteiger partial charge is 0.481 e. The summed E-state index contributed by atoms with van der Waals surface area (Å²) in [6.45, 7) is 4.27. The van der Waals surface area contributed by atoms with Crippen molar-refractivity contribution in [2.75, 3.05) is 14.2 Å². The first-order valence-corrected chi connectivity index (χ1v) is 7.48. The smallest absolute Gasteiger partial charge is 0.220 e. The number of carbonyl (C=O) groups is 1. The lowest BCUT2D eigenvalue weighted by Crippen LogP contribution is -2.30. The van der Waals surface area contributed by atoms with Crippen LogP contribution in [0.5, 0.6) is 11.8 Å². The molecule has 6 heteroatoms. The molecule has 0 amide bonds. The van der Waals surface area contributed by atoms with Gasteiger partial charge in [-0.25, -0.2) is 0 Å². The Balaban J connectivity index is 2.20. The molecule has 1 heterocycles. The van der Waals surface area contributed by atoms with Gasteiger partial charge in [-0.1, -0.05) is 25.6 Å². The number of hydrogen-bond acceptors (Lipinski definition) is 6. The Morgan fingerprint density at radius 2 is 1.85 bits per heavy atom. The molecule has 0 saturated heterocycles. The minimum atomic E-state index is -0.174. The maximum Gasteiger partial charge on any atom is 0.220 e. The molecular formula is C14H20N2O3S. The zero-order valence-corrected chi connectivity index (χ0v) is 13.1. The highest BCUT2D eigenvalue weighted by Gasteiger charge is 2.44. The summed E-state index contributed by atoms with van der Waals surface area (Å²) < 4.78 is 10.3. The lowest BCUT2D eigenvalue weighted by molar-refractivity contribution is -0.109. The number of thioether (sulfide) groups is 1. The molecule has 1 aliphatic rings. The van der Waals surface area contributed by atoms with Crippen LogP contribution in [0.3, 0.4) is 0 Å². The quantitative estimate of drug-likeness (QED) is 0.438. The van der Waals surface area contributed by atoms with Crippen molar-refractivity contribution in [3.63, 3.8) is 0 Å². The van der Waals surface area contributed by atoms with Crippen LogP contribution in [0, 0.1) is 11.3 Å².